The highest BCUT2D eigenvalue weighted by molar-refractivity contribution is 5.89. The van der Waals surface area contributed by atoms with E-state index in [1.807, 2.05) is 0 Å². The van der Waals surface area contributed by atoms with Crippen LogP contribution in [0.1, 0.15) is 6.42 Å². The van der Waals surface area contributed by atoms with Gasteiger partial charge in [0.25, 0.3) is 0 Å². The summed E-state index contributed by atoms with van der Waals surface area (Å²) in [5, 5.41) is 9.20. The zero-order valence-corrected chi connectivity index (χ0v) is 6.61. The molecule has 1 aromatic rings. The molecule has 0 unspecified atom stereocenters. The predicted molar refractivity (Wildman–Crippen MR) is 39.4 cm³/mol. The first-order valence-electron chi connectivity index (χ1n) is 3.39. The van der Waals surface area contributed by atoms with Crippen LogP contribution in [0, 0.1) is 0 Å². The number of ether oxygens (including phenoxy) is 1. The van der Waals surface area contributed by atoms with E-state index in [-0.39, 0.29) is 5.91 Å². The number of nitrogens with zero attached hydrogens (tertiary/aromatic N) is 2. The maximum Gasteiger partial charge on any atom is 0.227 e. The lowest BCUT2D eigenvalue weighted by Gasteiger charge is -1.98. The summed E-state index contributed by atoms with van der Waals surface area (Å²) in [7, 11) is 1.53. The normalized spacial score (nSPS) is 9.75. The Kier molecular flexibility index (Phi) is 3.21. The van der Waals surface area contributed by atoms with Crippen molar-refractivity contribution in [3.63, 3.8) is 0 Å². The highest BCUT2D eigenvalue weighted by atomic mass is 16.6. The summed E-state index contributed by atoms with van der Waals surface area (Å²) in [6.07, 6.45) is 1.62. The van der Waals surface area contributed by atoms with Crippen LogP contribution in [0.15, 0.2) is 10.8 Å². The minimum atomic E-state index is -0.174. The van der Waals surface area contributed by atoms with E-state index < -0.39 is 0 Å². The van der Waals surface area contributed by atoms with Crippen molar-refractivity contribution >= 4 is 11.7 Å². The van der Waals surface area contributed by atoms with Crippen LogP contribution in [-0.4, -0.2) is 29.9 Å². The van der Waals surface area contributed by atoms with Gasteiger partial charge < -0.3 is 10.1 Å². The number of aromatic nitrogens is 2. The monoisotopic (exact) mass is 171 g/mol. The maximum absolute atomic E-state index is 11.0. The third-order valence-electron chi connectivity index (χ3n) is 1.16. The molecule has 0 atom stereocenters. The van der Waals surface area contributed by atoms with Crippen LogP contribution in [0.2, 0.25) is 0 Å². The number of nitrogens with one attached hydrogen (secondary N) is 1. The summed E-state index contributed by atoms with van der Waals surface area (Å²) < 4.78 is 8.99. The van der Waals surface area contributed by atoms with Gasteiger partial charge in [0.2, 0.25) is 5.91 Å². The molecule has 0 saturated heterocycles. The summed E-state index contributed by atoms with van der Waals surface area (Å²) in [4.78, 5) is 11.0. The van der Waals surface area contributed by atoms with E-state index >= 15 is 0 Å². The van der Waals surface area contributed by atoms with Crippen LogP contribution in [0.5, 0.6) is 0 Å². The van der Waals surface area contributed by atoms with Gasteiger partial charge in [-0.05, 0) is 5.16 Å². The number of rotatable bonds is 4. The van der Waals surface area contributed by atoms with E-state index in [2.05, 4.69) is 20.3 Å². The van der Waals surface area contributed by atoms with Crippen LogP contribution in [-0.2, 0) is 9.53 Å². The molecule has 0 spiro atoms. The first-order chi connectivity index (χ1) is 5.83. The van der Waals surface area contributed by atoms with Gasteiger partial charge in [-0.1, -0.05) is 5.16 Å². The minimum absolute atomic E-state index is 0.174. The van der Waals surface area contributed by atoms with Crippen LogP contribution in [0.3, 0.4) is 0 Å². The van der Waals surface area contributed by atoms with Crippen molar-refractivity contribution in [2.45, 2.75) is 6.42 Å². The average Bonchev–Trinajstić information content (AvgIpc) is 2.53. The zero-order chi connectivity index (χ0) is 8.81. The van der Waals surface area contributed by atoms with Crippen molar-refractivity contribution in [2.24, 2.45) is 0 Å². The fraction of sp³-hybridized carbons (Fsp3) is 0.500. The first-order valence-corrected chi connectivity index (χ1v) is 3.39. The third-order valence-corrected chi connectivity index (χ3v) is 1.16. The Morgan fingerprint density at radius 2 is 2.67 bits per heavy atom. The van der Waals surface area contributed by atoms with Crippen LogP contribution < -0.4 is 5.32 Å². The number of hydrogen-bond donors (Lipinski definition) is 1. The van der Waals surface area contributed by atoms with E-state index in [1.54, 1.807) is 0 Å². The largest absolute Gasteiger partial charge is 0.384 e. The molecule has 0 aliphatic rings. The van der Waals surface area contributed by atoms with Gasteiger partial charge in [0, 0.05) is 7.11 Å². The average molecular weight is 171 g/mol. The number of carbonyl (C=O) groups is 1. The van der Waals surface area contributed by atoms with Crippen molar-refractivity contribution in [3.05, 3.63) is 6.20 Å². The first kappa shape index (κ1) is 8.66. The van der Waals surface area contributed by atoms with E-state index in [4.69, 9.17) is 4.74 Å². The molecule has 0 fully saturated rings. The van der Waals surface area contributed by atoms with Gasteiger partial charge in [-0.2, -0.15) is 0 Å². The molecule has 1 rings (SSSR count). The Hall–Kier alpha value is -1.43. The molecular formula is C6H9N3O3. The summed E-state index contributed by atoms with van der Waals surface area (Å²) in [6, 6.07) is 0. The number of anilines is 1. The molecule has 1 amide bonds. The smallest absolute Gasteiger partial charge is 0.227 e. The van der Waals surface area contributed by atoms with E-state index in [0.717, 1.165) is 0 Å². The van der Waals surface area contributed by atoms with Crippen molar-refractivity contribution in [3.8, 4) is 0 Å². The van der Waals surface area contributed by atoms with Crippen LogP contribution >= 0.6 is 0 Å². The molecule has 0 aromatic carbocycles. The van der Waals surface area contributed by atoms with Crippen LogP contribution in [0.4, 0.5) is 5.82 Å². The molecule has 6 heteroatoms. The van der Waals surface area contributed by atoms with Gasteiger partial charge in [0.1, 0.15) is 6.20 Å². The molecule has 6 nitrogen and oxygen atoms in total. The quantitative estimate of drug-likeness (QED) is 0.692. The fourth-order valence-electron chi connectivity index (χ4n) is 0.620. The van der Waals surface area contributed by atoms with Gasteiger partial charge >= 0.3 is 0 Å². The lowest BCUT2D eigenvalue weighted by Crippen LogP contribution is -2.13. The van der Waals surface area contributed by atoms with E-state index in [1.165, 1.54) is 13.3 Å². The van der Waals surface area contributed by atoms with E-state index in [0.29, 0.717) is 18.8 Å². The van der Waals surface area contributed by atoms with Crippen molar-refractivity contribution in [1.29, 1.82) is 0 Å². The Balaban J connectivity index is 2.27. The second-order valence-electron chi connectivity index (χ2n) is 2.08. The molecule has 1 aromatic heterocycles. The molecular weight excluding hydrogens is 162 g/mol. The van der Waals surface area contributed by atoms with Crippen molar-refractivity contribution in [2.75, 3.05) is 19.0 Å². The number of amides is 1. The van der Waals surface area contributed by atoms with Crippen molar-refractivity contribution < 1.29 is 14.2 Å². The highest BCUT2D eigenvalue weighted by Crippen LogP contribution is 1.98. The predicted octanol–water partition coefficient (Wildman–Crippen LogP) is 0.0446. The molecule has 12 heavy (non-hydrogen) atoms. The van der Waals surface area contributed by atoms with Crippen molar-refractivity contribution in [1.82, 2.24) is 10.3 Å². The third kappa shape index (κ3) is 2.67. The Labute approximate surface area is 68.9 Å². The highest BCUT2D eigenvalue weighted by Gasteiger charge is 2.03. The molecule has 0 saturated carbocycles. The zero-order valence-electron chi connectivity index (χ0n) is 6.61. The standard InChI is InChI=1S/C6H9N3O3/c1-11-3-2-6(10)8-5-4-7-12-9-5/h4H,2-3H2,1H3,(H,8,9,10). The molecule has 66 valence electrons. The van der Waals surface area contributed by atoms with Gasteiger partial charge in [-0.15, -0.1) is 0 Å². The fourth-order valence-corrected chi connectivity index (χ4v) is 0.620. The Bertz CT molecular complexity index is 234. The number of carbonyl (C=O) groups excluding carboxylic acids is 1. The number of methoxy groups -OCH3 is 1. The Morgan fingerprint density at radius 3 is 3.25 bits per heavy atom. The van der Waals surface area contributed by atoms with Gasteiger partial charge in [0.15, 0.2) is 5.82 Å². The maximum atomic E-state index is 11.0. The van der Waals surface area contributed by atoms with E-state index in [9.17, 15) is 4.79 Å². The van der Waals surface area contributed by atoms with Gasteiger partial charge in [0.05, 0.1) is 13.0 Å². The minimum Gasteiger partial charge on any atom is -0.384 e. The molecule has 0 aliphatic carbocycles. The molecule has 0 bridgehead atoms. The molecule has 1 N–H and O–H groups in total. The van der Waals surface area contributed by atoms with Crippen LogP contribution in [0.25, 0.3) is 0 Å². The summed E-state index contributed by atoms with van der Waals surface area (Å²) in [5.41, 5.74) is 0. The number of hydrogen-bond acceptors (Lipinski definition) is 5. The van der Waals surface area contributed by atoms with Gasteiger partial charge in [-0.25, -0.2) is 4.63 Å². The molecule has 1 heterocycles. The molecule has 0 aliphatic heterocycles. The Morgan fingerprint density at radius 1 is 1.83 bits per heavy atom. The topological polar surface area (TPSA) is 77.2 Å². The summed E-state index contributed by atoms with van der Waals surface area (Å²) in [5.74, 6) is 0.142. The van der Waals surface area contributed by atoms with Gasteiger partial charge in [-0.3, -0.25) is 4.79 Å². The summed E-state index contributed by atoms with van der Waals surface area (Å²) >= 11 is 0. The SMILES string of the molecule is COCCC(=O)Nc1cnon1. The molecule has 0 radical (unpaired) electrons. The lowest BCUT2D eigenvalue weighted by atomic mass is 10.4. The second-order valence-corrected chi connectivity index (χ2v) is 2.08. The second kappa shape index (κ2) is 4.45. The lowest BCUT2D eigenvalue weighted by molar-refractivity contribution is -0.117. The summed E-state index contributed by atoms with van der Waals surface area (Å²) in [6.45, 7) is 0.386.